The molecule has 0 saturated carbocycles. The zero-order valence-electron chi connectivity index (χ0n) is 8.61. The molecule has 1 heterocycles. The van der Waals surface area contributed by atoms with Crippen molar-refractivity contribution in [3.05, 3.63) is 30.2 Å². The first-order valence-corrected chi connectivity index (χ1v) is 5.02. The number of nitrogens with two attached hydrogens (primary N) is 1. The lowest BCUT2D eigenvalue weighted by Gasteiger charge is -1.99. The molecule has 0 radical (unpaired) electrons. The van der Waals surface area contributed by atoms with Gasteiger partial charge in [0.05, 0.1) is 6.26 Å². The summed E-state index contributed by atoms with van der Waals surface area (Å²) >= 11 is 0. The summed E-state index contributed by atoms with van der Waals surface area (Å²) in [6, 6.07) is 3.57. The molecule has 1 amide bonds. The highest BCUT2D eigenvalue weighted by Gasteiger charge is 1.94. The number of hydrogen-bond donors (Lipinski definition) is 2. The van der Waals surface area contributed by atoms with E-state index < -0.39 is 0 Å². The van der Waals surface area contributed by atoms with E-state index in [1.165, 1.54) is 6.08 Å². The van der Waals surface area contributed by atoms with E-state index in [0.717, 1.165) is 12.8 Å². The van der Waals surface area contributed by atoms with Crippen LogP contribution in [0.15, 0.2) is 28.9 Å². The second kappa shape index (κ2) is 6.84. The van der Waals surface area contributed by atoms with Crippen LogP contribution in [0.25, 0.3) is 6.08 Å². The molecule has 0 unspecified atom stereocenters. The van der Waals surface area contributed by atoms with Crippen molar-refractivity contribution < 1.29 is 9.21 Å². The highest BCUT2D eigenvalue weighted by molar-refractivity contribution is 5.91. The first-order chi connectivity index (χ1) is 7.33. The van der Waals surface area contributed by atoms with Crippen LogP contribution in [0.5, 0.6) is 0 Å². The summed E-state index contributed by atoms with van der Waals surface area (Å²) in [5.41, 5.74) is 5.33. The summed E-state index contributed by atoms with van der Waals surface area (Å²) < 4.78 is 5.04. The molecule has 0 saturated heterocycles. The molecule has 3 N–H and O–H groups in total. The van der Waals surface area contributed by atoms with Crippen molar-refractivity contribution in [3.8, 4) is 0 Å². The number of furan rings is 1. The zero-order valence-corrected chi connectivity index (χ0v) is 8.61. The SMILES string of the molecule is NCCCCNC(=O)/C=C/c1ccco1. The van der Waals surface area contributed by atoms with E-state index >= 15 is 0 Å². The summed E-state index contributed by atoms with van der Waals surface area (Å²) in [7, 11) is 0. The van der Waals surface area contributed by atoms with E-state index in [2.05, 4.69) is 5.32 Å². The number of rotatable bonds is 6. The number of carbonyl (C=O) groups excluding carboxylic acids is 1. The van der Waals surface area contributed by atoms with Gasteiger partial charge >= 0.3 is 0 Å². The summed E-state index contributed by atoms with van der Waals surface area (Å²) in [6.07, 6.45) is 6.51. The van der Waals surface area contributed by atoms with E-state index in [-0.39, 0.29) is 5.91 Å². The Morgan fingerprint density at radius 1 is 1.53 bits per heavy atom. The van der Waals surface area contributed by atoms with E-state index in [0.29, 0.717) is 18.8 Å². The van der Waals surface area contributed by atoms with Gasteiger partial charge in [-0.15, -0.1) is 0 Å². The predicted octanol–water partition coefficient (Wildman–Crippen LogP) is 1.15. The standard InChI is InChI=1S/C11H16N2O2/c12-7-1-2-8-13-11(14)6-5-10-4-3-9-15-10/h3-6,9H,1-2,7-8,12H2,(H,13,14)/b6-5+. The predicted molar refractivity (Wildman–Crippen MR) is 59.0 cm³/mol. The number of amides is 1. The molecule has 1 aromatic heterocycles. The van der Waals surface area contributed by atoms with Crippen LogP contribution >= 0.6 is 0 Å². The van der Waals surface area contributed by atoms with Crippen molar-refractivity contribution in [3.63, 3.8) is 0 Å². The van der Waals surface area contributed by atoms with Crippen LogP contribution in [0, 0.1) is 0 Å². The van der Waals surface area contributed by atoms with Gasteiger partial charge in [0.1, 0.15) is 5.76 Å². The van der Waals surface area contributed by atoms with E-state index in [4.69, 9.17) is 10.2 Å². The molecule has 0 atom stereocenters. The molecule has 4 heteroatoms. The van der Waals surface area contributed by atoms with Crippen molar-refractivity contribution in [1.29, 1.82) is 0 Å². The van der Waals surface area contributed by atoms with Gasteiger partial charge < -0.3 is 15.5 Å². The maximum Gasteiger partial charge on any atom is 0.244 e. The molecule has 0 aromatic carbocycles. The van der Waals surface area contributed by atoms with Gasteiger partial charge in [-0.1, -0.05) is 0 Å². The summed E-state index contributed by atoms with van der Waals surface area (Å²) in [4.78, 5) is 11.2. The van der Waals surface area contributed by atoms with Crippen molar-refractivity contribution in [1.82, 2.24) is 5.32 Å². The van der Waals surface area contributed by atoms with E-state index in [1.807, 2.05) is 0 Å². The van der Waals surface area contributed by atoms with Crippen LogP contribution in [0.4, 0.5) is 0 Å². The Hall–Kier alpha value is -1.55. The van der Waals surface area contributed by atoms with Gasteiger partial charge in [0, 0.05) is 12.6 Å². The minimum Gasteiger partial charge on any atom is -0.465 e. The maximum absolute atomic E-state index is 11.2. The third-order valence-electron chi connectivity index (χ3n) is 1.87. The maximum atomic E-state index is 11.2. The quantitative estimate of drug-likeness (QED) is 0.544. The highest BCUT2D eigenvalue weighted by Crippen LogP contribution is 2.01. The Labute approximate surface area is 89.1 Å². The molecule has 0 fully saturated rings. The molecule has 15 heavy (non-hydrogen) atoms. The van der Waals surface area contributed by atoms with Crippen LogP contribution in [-0.2, 0) is 4.79 Å². The smallest absolute Gasteiger partial charge is 0.244 e. The molecule has 0 bridgehead atoms. The fourth-order valence-electron chi connectivity index (χ4n) is 1.08. The molecular formula is C11H16N2O2. The summed E-state index contributed by atoms with van der Waals surface area (Å²) in [6.45, 7) is 1.33. The zero-order chi connectivity index (χ0) is 10.9. The number of unbranched alkanes of at least 4 members (excludes halogenated alkanes) is 1. The van der Waals surface area contributed by atoms with Crippen molar-refractivity contribution in [2.24, 2.45) is 5.73 Å². The minimum atomic E-state index is -0.108. The van der Waals surface area contributed by atoms with Gasteiger partial charge in [0.15, 0.2) is 0 Å². The van der Waals surface area contributed by atoms with Gasteiger partial charge in [0.2, 0.25) is 5.91 Å². The average molecular weight is 208 g/mol. The Kier molecular flexibility index (Phi) is 5.25. The molecule has 0 aliphatic carbocycles. The lowest BCUT2D eigenvalue weighted by Crippen LogP contribution is -2.22. The third kappa shape index (κ3) is 5.02. The molecule has 4 nitrogen and oxygen atoms in total. The minimum absolute atomic E-state index is 0.108. The Morgan fingerprint density at radius 2 is 2.40 bits per heavy atom. The van der Waals surface area contributed by atoms with Crippen LogP contribution < -0.4 is 11.1 Å². The monoisotopic (exact) mass is 208 g/mol. The lowest BCUT2D eigenvalue weighted by molar-refractivity contribution is -0.116. The topological polar surface area (TPSA) is 68.3 Å². The molecule has 0 aliphatic heterocycles. The number of carbonyl (C=O) groups is 1. The molecular weight excluding hydrogens is 192 g/mol. The number of hydrogen-bond acceptors (Lipinski definition) is 3. The Balaban J connectivity index is 2.18. The van der Waals surface area contributed by atoms with Gasteiger partial charge in [0.25, 0.3) is 0 Å². The number of nitrogens with one attached hydrogen (secondary N) is 1. The largest absolute Gasteiger partial charge is 0.465 e. The second-order valence-electron chi connectivity index (χ2n) is 3.14. The van der Waals surface area contributed by atoms with Crippen molar-refractivity contribution >= 4 is 12.0 Å². The van der Waals surface area contributed by atoms with Gasteiger partial charge in [-0.2, -0.15) is 0 Å². The van der Waals surface area contributed by atoms with E-state index in [1.54, 1.807) is 24.5 Å². The Morgan fingerprint density at radius 3 is 3.07 bits per heavy atom. The van der Waals surface area contributed by atoms with Crippen LogP contribution in [0.1, 0.15) is 18.6 Å². The second-order valence-corrected chi connectivity index (χ2v) is 3.14. The van der Waals surface area contributed by atoms with Crippen molar-refractivity contribution in [2.75, 3.05) is 13.1 Å². The van der Waals surface area contributed by atoms with Crippen LogP contribution in [0.2, 0.25) is 0 Å². The molecule has 0 spiro atoms. The molecule has 1 aromatic rings. The Bertz CT molecular complexity index is 304. The third-order valence-corrected chi connectivity index (χ3v) is 1.87. The summed E-state index contributed by atoms with van der Waals surface area (Å²) in [5, 5.41) is 2.76. The molecule has 82 valence electrons. The fourth-order valence-corrected chi connectivity index (χ4v) is 1.08. The summed E-state index contributed by atoms with van der Waals surface area (Å²) in [5.74, 6) is 0.565. The highest BCUT2D eigenvalue weighted by atomic mass is 16.3. The fraction of sp³-hybridized carbons (Fsp3) is 0.364. The van der Waals surface area contributed by atoms with E-state index in [9.17, 15) is 4.79 Å². The lowest BCUT2D eigenvalue weighted by atomic mass is 10.3. The molecule has 0 aliphatic rings. The normalized spacial score (nSPS) is 10.7. The first kappa shape index (κ1) is 11.5. The average Bonchev–Trinajstić information content (AvgIpc) is 2.74. The van der Waals surface area contributed by atoms with Gasteiger partial charge in [-0.05, 0) is 37.6 Å². The van der Waals surface area contributed by atoms with Crippen molar-refractivity contribution in [2.45, 2.75) is 12.8 Å². The van der Waals surface area contributed by atoms with Gasteiger partial charge in [-0.25, -0.2) is 0 Å². The van der Waals surface area contributed by atoms with Crippen LogP contribution in [0.3, 0.4) is 0 Å². The van der Waals surface area contributed by atoms with Crippen LogP contribution in [-0.4, -0.2) is 19.0 Å². The molecule has 1 rings (SSSR count). The van der Waals surface area contributed by atoms with Gasteiger partial charge in [-0.3, -0.25) is 4.79 Å². The first-order valence-electron chi connectivity index (χ1n) is 5.02.